The van der Waals surface area contributed by atoms with Gasteiger partial charge in [0, 0.05) is 6.42 Å². The number of aryl methyl sites for hydroxylation is 1. The van der Waals surface area contributed by atoms with Crippen LogP contribution in [0.2, 0.25) is 0 Å². The molecule has 0 spiro atoms. The Kier molecular flexibility index (Phi) is 3.84. The minimum atomic E-state index is -0.580. The van der Waals surface area contributed by atoms with Gasteiger partial charge in [0.25, 0.3) is 0 Å². The lowest BCUT2D eigenvalue weighted by molar-refractivity contribution is -0.140. The van der Waals surface area contributed by atoms with Gasteiger partial charge in [-0.05, 0) is 0 Å². The summed E-state index contributed by atoms with van der Waals surface area (Å²) in [6.45, 7) is 0. The number of oxazole rings is 1. The molecule has 1 heterocycles. The molecule has 0 aliphatic heterocycles. The first kappa shape index (κ1) is 11.2. The van der Waals surface area contributed by atoms with Gasteiger partial charge in [-0.1, -0.05) is 0 Å². The average molecular weight is 213 g/mol. The molecule has 15 heavy (non-hydrogen) atoms. The summed E-state index contributed by atoms with van der Waals surface area (Å²) < 4.78 is 13.9. The molecule has 0 amide bonds. The van der Waals surface area contributed by atoms with Crippen LogP contribution in [0.15, 0.2) is 10.8 Å². The third-order valence-corrected chi connectivity index (χ3v) is 1.80. The van der Waals surface area contributed by atoms with Crippen molar-refractivity contribution in [1.82, 2.24) is 4.98 Å². The Bertz CT molecular complexity index is 357. The number of carbonyl (C=O) groups is 2. The largest absolute Gasteiger partial charge is 0.469 e. The number of carbonyl (C=O) groups excluding carboxylic acids is 2. The van der Waals surface area contributed by atoms with Crippen molar-refractivity contribution in [2.75, 3.05) is 14.2 Å². The third kappa shape index (κ3) is 2.80. The average Bonchev–Trinajstić information content (AvgIpc) is 2.72. The summed E-state index contributed by atoms with van der Waals surface area (Å²) >= 11 is 0. The summed E-state index contributed by atoms with van der Waals surface area (Å²) in [5, 5.41) is 0. The van der Waals surface area contributed by atoms with Crippen molar-refractivity contribution in [1.29, 1.82) is 0 Å². The molecule has 0 aliphatic carbocycles. The fourth-order valence-electron chi connectivity index (χ4n) is 1.03. The first-order chi connectivity index (χ1) is 7.19. The second kappa shape index (κ2) is 5.14. The maximum Gasteiger partial charge on any atom is 0.360 e. The smallest absolute Gasteiger partial charge is 0.360 e. The molecule has 0 saturated heterocycles. The Labute approximate surface area is 86.2 Å². The van der Waals surface area contributed by atoms with E-state index < -0.39 is 5.97 Å². The fraction of sp³-hybridized carbons (Fsp3) is 0.444. The first-order valence-corrected chi connectivity index (χ1v) is 4.26. The zero-order valence-electron chi connectivity index (χ0n) is 8.48. The Hall–Kier alpha value is -1.85. The molecule has 0 saturated carbocycles. The van der Waals surface area contributed by atoms with Crippen molar-refractivity contribution in [3.05, 3.63) is 17.8 Å². The van der Waals surface area contributed by atoms with Crippen LogP contribution in [0.1, 0.15) is 22.7 Å². The predicted octanol–water partition coefficient (Wildman–Crippen LogP) is 0.567. The summed E-state index contributed by atoms with van der Waals surface area (Å²) in [6.07, 6.45) is 1.53. The molecule has 0 aromatic carbocycles. The number of ether oxygens (including phenoxy) is 2. The molecular formula is C9H11NO5. The number of rotatable bonds is 4. The molecule has 82 valence electrons. The van der Waals surface area contributed by atoms with Gasteiger partial charge >= 0.3 is 11.9 Å². The molecule has 0 fully saturated rings. The van der Waals surface area contributed by atoms with Crippen molar-refractivity contribution in [2.24, 2.45) is 0 Å². The third-order valence-electron chi connectivity index (χ3n) is 1.80. The SMILES string of the molecule is COC(=O)CCc1ocnc1C(=O)OC. The van der Waals surface area contributed by atoms with Crippen LogP contribution < -0.4 is 0 Å². The number of aromatic nitrogens is 1. The van der Waals surface area contributed by atoms with Gasteiger partial charge in [-0.3, -0.25) is 4.79 Å². The van der Waals surface area contributed by atoms with Crippen LogP contribution in [0.5, 0.6) is 0 Å². The maximum absolute atomic E-state index is 11.1. The summed E-state index contributed by atoms with van der Waals surface area (Å²) in [5.74, 6) is -0.627. The summed E-state index contributed by atoms with van der Waals surface area (Å²) in [6, 6.07) is 0. The number of methoxy groups -OCH3 is 2. The van der Waals surface area contributed by atoms with Crippen molar-refractivity contribution in [3.63, 3.8) is 0 Å². The van der Waals surface area contributed by atoms with Gasteiger partial charge in [0.15, 0.2) is 12.1 Å². The standard InChI is InChI=1S/C9H11NO5/c1-13-7(11)4-3-6-8(9(12)14-2)10-5-15-6/h5H,3-4H2,1-2H3. The van der Waals surface area contributed by atoms with Gasteiger partial charge in [-0.25, -0.2) is 9.78 Å². The number of hydrogen-bond donors (Lipinski definition) is 0. The van der Waals surface area contributed by atoms with Gasteiger partial charge in [-0.15, -0.1) is 0 Å². The summed E-state index contributed by atoms with van der Waals surface area (Å²) in [4.78, 5) is 25.7. The van der Waals surface area contributed by atoms with Gasteiger partial charge in [0.05, 0.1) is 20.6 Å². The minimum Gasteiger partial charge on any atom is -0.469 e. The van der Waals surface area contributed by atoms with E-state index in [1.165, 1.54) is 14.2 Å². The maximum atomic E-state index is 11.1. The van der Waals surface area contributed by atoms with Crippen LogP contribution >= 0.6 is 0 Å². The normalized spacial score (nSPS) is 9.73. The predicted molar refractivity (Wildman–Crippen MR) is 48.2 cm³/mol. The van der Waals surface area contributed by atoms with Crippen LogP contribution in [0.25, 0.3) is 0 Å². The van der Waals surface area contributed by atoms with Gasteiger partial charge in [-0.2, -0.15) is 0 Å². The molecule has 0 radical (unpaired) electrons. The lowest BCUT2D eigenvalue weighted by Crippen LogP contribution is -2.07. The van der Waals surface area contributed by atoms with Crippen LogP contribution in [-0.2, 0) is 20.7 Å². The Morgan fingerprint density at radius 1 is 1.40 bits per heavy atom. The van der Waals surface area contributed by atoms with Crippen molar-refractivity contribution >= 4 is 11.9 Å². The van der Waals surface area contributed by atoms with Crippen LogP contribution in [-0.4, -0.2) is 31.1 Å². The molecular weight excluding hydrogens is 202 g/mol. The van der Waals surface area contributed by atoms with Crippen molar-refractivity contribution < 1.29 is 23.5 Å². The molecule has 0 unspecified atom stereocenters. The van der Waals surface area contributed by atoms with Gasteiger partial charge in [0.2, 0.25) is 0 Å². The van der Waals surface area contributed by atoms with E-state index in [9.17, 15) is 9.59 Å². The highest BCUT2D eigenvalue weighted by Gasteiger charge is 2.17. The Balaban J connectivity index is 2.65. The van der Waals surface area contributed by atoms with E-state index >= 15 is 0 Å². The van der Waals surface area contributed by atoms with E-state index in [0.717, 1.165) is 6.39 Å². The van der Waals surface area contributed by atoms with Crippen LogP contribution in [0, 0.1) is 0 Å². The molecule has 0 atom stereocenters. The summed E-state index contributed by atoms with van der Waals surface area (Å²) in [5.41, 5.74) is 0.0985. The van der Waals surface area contributed by atoms with E-state index in [4.69, 9.17) is 4.42 Å². The molecule has 6 heteroatoms. The fourth-order valence-corrected chi connectivity index (χ4v) is 1.03. The Morgan fingerprint density at radius 2 is 2.13 bits per heavy atom. The molecule has 1 rings (SSSR count). The first-order valence-electron chi connectivity index (χ1n) is 4.26. The second-order valence-electron chi connectivity index (χ2n) is 2.69. The molecule has 6 nitrogen and oxygen atoms in total. The zero-order valence-corrected chi connectivity index (χ0v) is 8.48. The highest BCUT2D eigenvalue weighted by molar-refractivity contribution is 5.88. The zero-order chi connectivity index (χ0) is 11.3. The van der Waals surface area contributed by atoms with Crippen molar-refractivity contribution in [2.45, 2.75) is 12.8 Å². The molecule has 1 aromatic heterocycles. The van der Waals surface area contributed by atoms with Gasteiger partial charge < -0.3 is 13.9 Å². The van der Waals surface area contributed by atoms with E-state index in [1.807, 2.05) is 0 Å². The number of esters is 2. The lowest BCUT2D eigenvalue weighted by atomic mass is 10.2. The van der Waals surface area contributed by atoms with E-state index in [0.29, 0.717) is 5.76 Å². The van der Waals surface area contributed by atoms with E-state index in [1.54, 1.807) is 0 Å². The monoisotopic (exact) mass is 213 g/mol. The summed E-state index contributed by atoms with van der Waals surface area (Å²) in [7, 11) is 2.55. The quantitative estimate of drug-likeness (QED) is 0.680. The topological polar surface area (TPSA) is 78.6 Å². The highest BCUT2D eigenvalue weighted by Crippen LogP contribution is 2.10. The molecule has 0 aliphatic rings. The number of hydrogen-bond acceptors (Lipinski definition) is 6. The van der Waals surface area contributed by atoms with E-state index in [2.05, 4.69) is 14.5 Å². The van der Waals surface area contributed by atoms with Gasteiger partial charge in [0.1, 0.15) is 5.76 Å². The van der Waals surface area contributed by atoms with Crippen LogP contribution in [0.4, 0.5) is 0 Å². The molecule has 0 bridgehead atoms. The second-order valence-corrected chi connectivity index (χ2v) is 2.69. The van der Waals surface area contributed by atoms with Crippen LogP contribution in [0.3, 0.4) is 0 Å². The van der Waals surface area contributed by atoms with Crippen molar-refractivity contribution in [3.8, 4) is 0 Å². The lowest BCUT2D eigenvalue weighted by Gasteiger charge is -1.98. The number of nitrogens with zero attached hydrogens (tertiary/aromatic N) is 1. The van der Waals surface area contributed by atoms with E-state index in [-0.39, 0.29) is 24.5 Å². The molecule has 0 N–H and O–H groups in total. The highest BCUT2D eigenvalue weighted by atomic mass is 16.5. The minimum absolute atomic E-state index is 0.0985. The Morgan fingerprint density at radius 3 is 2.73 bits per heavy atom. The molecule has 1 aromatic rings.